The van der Waals surface area contributed by atoms with E-state index in [-0.39, 0.29) is 5.12 Å². The lowest BCUT2D eigenvalue weighted by molar-refractivity contribution is 0.109. The zero-order valence-electron chi connectivity index (χ0n) is 7.12. The van der Waals surface area contributed by atoms with Crippen molar-refractivity contribution >= 4 is 29.5 Å². The summed E-state index contributed by atoms with van der Waals surface area (Å²) in [6.07, 6.45) is 2.38. The van der Waals surface area contributed by atoms with Gasteiger partial charge < -0.3 is 0 Å². The maximum Gasteiger partial charge on any atom is 0.216 e. The molecule has 13 heavy (non-hydrogen) atoms. The lowest BCUT2D eigenvalue weighted by Gasteiger charge is -2.14. The summed E-state index contributed by atoms with van der Waals surface area (Å²) in [5.41, 5.74) is 2.08. The summed E-state index contributed by atoms with van der Waals surface area (Å²) < 4.78 is 0. The van der Waals surface area contributed by atoms with Gasteiger partial charge in [0.2, 0.25) is 5.12 Å². The number of hydrogen-bond donors (Lipinski definition) is 1. The average molecular weight is 210 g/mol. The highest BCUT2D eigenvalue weighted by Gasteiger charge is 2.11. The van der Waals surface area contributed by atoms with Crippen LogP contribution in [0.3, 0.4) is 0 Å². The van der Waals surface area contributed by atoms with Crippen LogP contribution in [0.5, 0.6) is 0 Å². The molecule has 1 aliphatic heterocycles. The zero-order chi connectivity index (χ0) is 9.26. The number of benzene rings is 1. The Bertz CT molecular complexity index is 347. The molecule has 0 aliphatic carbocycles. The third-order valence-corrected chi connectivity index (χ3v) is 3.60. The molecule has 0 saturated heterocycles. The number of thioether (sulfide) groups is 1. The molecule has 0 bridgehead atoms. The number of aryl methyl sites for hydroxylation is 1. The van der Waals surface area contributed by atoms with Gasteiger partial charge in [0.15, 0.2) is 0 Å². The molecule has 0 radical (unpaired) electrons. The molecule has 1 heterocycles. The van der Waals surface area contributed by atoms with E-state index < -0.39 is 0 Å². The maximum absolute atomic E-state index is 11.0. The molecule has 0 N–H and O–H groups in total. The van der Waals surface area contributed by atoms with E-state index in [9.17, 15) is 4.79 Å². The van der Waals surface area contributed by atoms with Crippen LogP contribution >= 0.6 is 24.4 Å². The second kappa shape index (κ2) is 3.76. The second-order valence-corrected chi connectivity index (χ2v) is 4.62. The van der Waals surface area contributed by atoms with Crippen molar-refractivity contribution in [2.24, 2.45) is 0 Å². The van der Waals surface area contributed by atoms with E-state index >= 15 is 0 Å². The van der Waals surface area contributed by atoms with Crippen LogP contribution in [0.1, 0.15) is 22.3 Å². The summed E-state index contributed by atoms with van der Waals surface area (Å²) in [6.45, 7) is 0. The highest BCUT2D eigenvalue weighted by atomic mass is 32.2. The molecule has 0 fully saturated rings. The van der Waals surface area contributed by atoms with Crippen molar-refractivity contribution in [2.45, 2.75) is 17.7 Å². The summed E-state index contributed by atoms with van der Waals surface area (Å²) in [5, 5.41) is -0.144. The fourth-order valence-corrected chi connectivity index (χ4v) is 2.69. The van der Waals surface area contributed by atoms with E-state index in [4.69, 9.17) is 0 Å². The van der Waals surface area contributed by atoms with Gasteiger partial charge in [0.25, 0.3) is 0 Å². The van der Waals surface area contributed by atoms with Gasteiger partial charge in [0.05, 0.1) is 0 Å². The first-order valence-electron chi connectivity index (χ1n) is 4.26. The highest BCUT2D eigenvalue weighted by molar-refractivity contribution is 7.99. The molecule has 0 saturated carbocycles. The van der Waals surface area contributed by atoms with Crippen molar-refractivity contribution in [3.63, 3.8) is 0 Å². The van der Waals surface area contributed by atoms with E-state index in [1.54, 1.807) is 0 Å². The summed E-state index contributed by atoms with van der Waals surface area (Å²) in [5.74, 6) is 1.16. The quantitative estimate of drug-likeness (QED) is 0.718. The Hall–Kier alpha value is -0.410. The number of carbonyl (C=O) groups excluding carboxylic acids is 1. The Labute approximate surface area is 87.3 Å². The van der Waals surface area contributed by atoms with Crippen molar-refractivity contribution in [1.29, 1.82) is 0 Å². The minimum absolute atomic E-state index is 0.144. The highest BCUT2D eigenvalue weighted by Crippen LogP contribution is 2.30. The second-order valence-electron chi connectivity index (χ2n) is 3.08. The fourth-order valence-electron chi connectivity index (χ4n) is 1.47. The monoisotopic (exact) mass is 210 g/mol. The molecule has 1 aromatic carbocycles. The van der Waals surface area contributed by atoms with Gasteiger partial charge in [0.1, 0.15) is 0 Å². The van der Waals surface area contributed by atoms with Crippen molar-refractivity contribution < 1.29 is 4.79 Å². The third kappa shape index (κ3) is 1.92. The van der Waals surface area contributed by atoms with Crippen LogP contribution in [0.2, 0.25) is 0 Å². The smallest absolute Gasteiger partial charge is 0.216 e. The molecule has 0 atom stereocenters. The molecule has 1 nitrogen and oxygen atoms in total. The molecule has 1 aromatic rings. The Morgan fingerprint density at radius 1 is 1.46 bits per heavy atom. The lowest BCUT2D eigenvalue weighted by atomic mass is 10.1. The van der Waals surface area contributed by atoms with Crippen LogP contribution in [0.15, 0.2) is 23.1 Å². The summed E-state index contributed by atoms with van der Waals surface area (Å²) >= 11 is 5.64. The molecule has 68 valence electrons. The van der Waals surface area contributed by atoms with Crippen LogP contribution in [-0.4, -0.2) is 10.9 Å². The predicted octanol–water partition coefficient (Wildman–Crippen LogP) is 2.79. The van der Waals surface area contributed by atoms with Gasteiger partial charge >= 0.3 is 0 Å². The third-order valence-electron chi connectivity index (χ3n) is 2.16. The van der Waals surface area contributed by atoms with E-state index in [0.29, 0.717) is 5.56 Å². The van der Waals surface area contributed by atoms with Gasteiger partial charge in [-0.1, -0.05) is 12.1 Å². The van der Waals surface area contributed by atoms with Gasteiger partial charge in [0, 0.05) is 10.5 Å². The molecule has 0 aromatic heterocycles. The van der Waals surface area contributed by atoms with E-state index in [1.807, 2.05) is 30.0 Å². The summed E-state index contributed by atoms with van der Waals surface area (Å²) in [7, 11) is 0. The minimum Gasteiger partial charge on any atom is -0.282 e. The maximum atomic E-state index is 11.0. The van der Waals surface area contributed by atoms with E-state index in [2.05, 4.69) is 12.6 Å². The van der Waals surface area contributed by atoms with Gasteiger partial charge in [-0.3, -0.25) is 4.79 Å². The molecule has 0 amide bonds. The average Bonchev–Trinajstić information content (AvgIpc) is 2.17. The Balaban J connectivity index is 2.40. The first-order chi connectivity index (χ1) is 6.27. The lowest BCUT2D eigenvalue weighted by Crippen LogP contribution is -2.00. The number of hydrogen-bond acceptors (Lipinski definition) is 2. The van der Waals surface area contributed by atoms with Gasteiger partial charge in [-0.2, -0.15) is 0 Å². The van der Waals surface area contributed by atoms with Crippen LogP contribution in [-0.2, 0) is 6.42 Å². The number of thiol groups is 1. The van der Waals surface area contributed by atoms with E-state index in [1.165, 1.54) is 16.9 Å². The molecular weight excluding hydrogens is 200 g/mol. The van der Waals surface area contributed by atoms with E-state index in [0.717, 1.165) is 12.2 Å². The van der Waals surface area contributed by atoms with Crippen molar-refractivity contribution in [1.82, 2.24) is 0 Å². The number of carbonyl (C=O) groups is 1. The van der Waals surface area contributed by atoms with Crippen LogP contribution in [0.4, 0.5) is 0 Å². The van der Waals surface area contributed by atoms with Crippen LogP contribution in [0, 0.1) is 0 Å². The molecular formula is C10H10OS2. The number of rotatable bonds is 1. The summed E-state index contributed by atoms with van der Waals surface area (Å²) in [4.78, 5) is 12.2. The Kier molecular flexibility index (Phi) is 2.65. The molecule has 2 rings (SSSR count). The fraction of sp³-hybridized carbons (Fsp3) is 0.300. The van der Waals surface area contributed by atoms with Gasteiger partial charge in [-0.15, -0.1) is 24.4 Å². The normalized spacial score (nSPS) is 15.2. The molecule has 0 unspecified atom stereocenters. The van der Waals surface area contributed by atoms with Gasteiger partial charge in [-0.05, 0) is 30.2 Å². The minimum atomic E-state index is -0.144. The first kappa shape index (κ1) is 9.16. The first-order valence-corrected chi connectivity index (χ1v) is 5.69. The molecule has 0 spiro atoms. The van der Waals surface area contributed by atoms with Crippen molar-refractivity contribution in [3.05, 3.63) is 29.3 Å². The largest absolute Gasteiger partial charge is 0.282 e. The standard InChI is InChI=1S/C10H10OS2/c11-10(12)8-4-3-7-2-1-5-13-9(7)6-8/h3-4,6H,1-2,5H2,(H,11,12). The van der Waals surface area contributed by atoms with Crippen molar-refractivity contribution in [2.75, 3.05) is 5.75 Å². The summed E-state index contributed by atoms with van der Waals surface area (Å²) in [6, 6.07) is 5.86. The Morgan fingerprint density at radius 2 is 2.31 bits per heavy atom. The molecule has 1 aliphatic rings. The zero-order valence-corrected chi connectivity index (χ0v) is 8.83. The van der Waals surface area contributed by atoms with Crippen LogP contribution < -0.4 is 0 Å². The Morgan fingerprint density at radius 3 is 3.08 bits per heavy atom. The van der Waals surface area contributed by atoms with Crippen LogP contribution in [0.25, 0.3) is 0 Å². The topological polar surface area (TPSA) is 17.1 Å². The molecule has 3 heteroatoms. The predicted molar refractivity (Wildman–Crippen MR) is 58.8 cm³/mol. The van der Waals surface area contributed by atoms with Gasteiger partial charge in [-0.25, -0.2) is 0 Å². The van der Waals surface area contributed by atoms with Crippen molar-refractivity contribution in [3.8, 4) is 0 Å². The number of fused-ring (bicyclic) bond motifs is 1. The SMILES string of the molecule is O=C(S)c1ccc2c(c1)SCCC2.